The van der Waals surface area contributed by atoms with Crippen molar-refractivity contribution in [2.24, 2.45) is 0 Å². The number of rotatable bonds is 3. The molecule has 9 heteroatoms. The fourth-order valence-electron chi connectivity index (χ4n) is 2.04. The Morgan fingerprint density at radius 2 is 1.83 bits per heavy atom. The molecule has 7 nitrogen and oxygen atoms in total. The molecule has 0 unspecified atom stereocenters. The summed E-state index contributed by atoms with van der Waals surface area (Å²) < 4.78 is 36.2. The predicted octanol–water partition coefficient (Wildman–Crippen LogP) is -1.57. The summed E-state index contributed by atoms with van der Waals surface area (Å²) in [6.45, 7) is 0. The van der Waals surface area contributed by atoms with E-state index in [1.54, 1.807) is 30.3 Å². The Balaban J connectivity index is 0.00000192. The molecule has 0 bridgehead atoms. The molecule has 1 aromatic heterocycles. The first-order chi connectivity index (χ1) is 10.4. The third-order valence-electron chi connectivity index (χ3n) is 2.92. The smallest absolute Gasteiger partial charge is 0.716 e. The van der Waals surface area contributed by atoms with E-state index in [0.717, 1.165) is 0 Å². The fourth-order valence-corrected chi connectivity index (χ4v) is 2.38. The molecule has 0 aliphatic heterocycles. The van der Waals surface area contributed by atoms with Crippen LogP contribution in [0.3, 0.4) is 0 Å². The number of aromatic amines is 1. The number of fused-ring (bicyclic) bond motifs is 1. The van der Waals surface area contributed by atoms with Gasteiger partial charge in [-0.2, -0.15) is 0 Å². The molecule has 2 aromatic carbocycles. The number of H-pyrrole nitrogens is 1. The van der Waals surface area contributed by atoms with Gasteiger partial charge in [0.2, 0.25) is 0 Å². The first-order valence-corrected chi connectivity index (χ1v) is 7.50. The zero-order valence-corrected chi connectivity index (χ0v) is 14.8. The summed E-state index contributed by atoms with van der Waals surface area (Å²) >= 11 is 0. The Morgan fingerprint density at radius 3 is 2.57 bits per heavy atom. The molecule has 0 radical (unpaired) electrons. The van der Waals surface area contributed by atoms with Crippen LogP contribution in [0.15, 0.2) is 53.3 Å². The number of aromatic nitrogens is 2. The molecule has 0 aliphatic rings. The standard InChI is InChI=1S/C14H10N2O5S.Na/c17-14-11-6-1-2-7-12(11)15-13(16-14)9-4-3-5-10(8-9)21-22(18,19)20;/h1-8H,(H,15,16,17)(H,18,19,20);/q;+1/p-1. The molecular weight excluding hydrogens is 331 g/mol. The maximum atomic E-state index is 12.0. The zero-order valence-electron chi connectivity index (χ0n) is 12.0. The number of nitrogens with zero attached hydrogens (tertiary/aromatic N) is 1. The van der Waals surface area contributed by atoms with Crippen LogP contribution in [0.2, 0.25) is 0 Å². The second-order valence-electron chi connectivity index (χ2n) is 4.45. The van der Waals surface area contributed by atoms with Crippen molar-refractivity contribution in [3.05, 3.63) is 58.9 Å². The molecule has 1 N–H and O–H groups in total. The number of nitrogens with one attached hydrogen (secondary N) is 1. The molecular formula is C14H9N2NaO5S. The van der Waals surface area contributed by atoms with E-state index in [1.165, 1.54) is 18.2 Å². The van der Waals surface area contributed by atoms with Crippen LogP contribution in [0.1, 0.15) is 0 Å². The quantitative estimate of drug-likeness (QED) is 0.350. The molecule has 0 spiro atoms. The predicted molar refractivity (Wildman–Crippen MR) is 78.1 cm³/mol. The van der Waals surface area contributed by atoms with E-state index < -0.39 is 10.4 Å². The van der Waals surface area contributed by atoms with Crippen molar-refractivity contribution in [3.8, 4) is 17.1 Å². The van der Waals surface area contributed by atoms with Gasteiger partial charge in [0.1, 0.15) is 11.6 Å². The minimum absolute atomic E-state index is 0. The van der Waals surface area contributed by atoms with E-state index in [4.69, 9.17) is 0 Å². The molecule has 0 saturated heterocycles. The maximum Gasteiger partial charge on any atom is 1.00 e. The summed E-state index contributed by atoms with van der Waals surface area (Å²) in [6.07, 6.45) is 0. The fraction of sp³-hybridized carbons (Fsp3) is 0. The first kappa shape index (κ1) is 17.6. The summed E-state index contributed by atoms with van der Waals surface area (Å²) in [6, 6.07) is 12.5. The van der Waals surface area contributed by atoms with Gasteiger partial charge in [0.25, 0.3) is 16.0 Å². The molecule has 0 saturated carbocycles. The number of para-hydroxylation sites is 1. The average Bonchev–Trinajstić information content (AvgIpc) is 2.46. The van der Waals surface area contributed by atoms with Gasteiger partial charge < -0.3 is 13.7 Å². The van der Waals surface area contributed by atoms with Crippen LogP contribution in [0.4, 0.5) is 0 Å². The van der Waals surface area contributed by atoms with Gasteiger partial charge in [0.15, 0.2) is 0 Å². The van der Waals surface area contributed by atoms with E-state index in [0.29, 0.717) is 16.5 Å². The van der Waals surface area contributed by atoms with Crippen LogP contribution >= 0.6 is 0 Å². The molecule has 0 fully saturated rings. The van der Waals surface area contributed by atoms with E-state index in [-0.39, 0.29) is 46.7 Å². The second kappa shape index (κ2) is 6.81. The Labute approximate surface area is 153 Å². The molecule has 3 rings (SSSR count). The largest absolute Gasteiger partial charge is 1.00 e. The van der Waals surface area contributed by atoms with Gasteiger partial charge in [-0.15, -0.1) is 0 Å². The van der Waals surface area contributed by atoms with Crippen LogP contribution in [0.5, 0.6) is 5.75 Å². The number of hydrogen-bond acceptors (Lipinski definition) is 6. The van der Waals surface area contributed by atoms with Crippen LogP contribution in [-0.2, 0) is 10.4 Å². The van der Waals surface area contributed by atoms with Gasteiger partial charge in [-0.05, 0) is 24.3 Å². The van der Waals surface area contributed by atoms with Crippen molar-refractivity contribution < 1.29 is 46.7 Å². The van der Waals surface area contributed by atoms with Crippen molar-refractivity contribution in [1.82, 2.24) is 9.97 Å². The van der Waals surface area contributed by atoms with Gasteiger partial charge >= 0.3 is 29.6 Å². The number of hydrogen-bond donors (Lipinski definition) is 1. The van der Waals surface area contributed by atoms with Gasteiger partial charge in [0.05, 0.1) is 10.9 Å². The van der Waals surface area contributed by atoms with E-state index >= 15 is 0 Å². The normalized spacial score (nSPS) is 11.0. The molecule has 3 aromatic rings. The second-order valence-corrected chi connectivity index (χ2v) is 5.43. The first-order valence-electron chi connectivity index (χ1n) is 6.17. The van der Waals surface area contributed by atoms with Crippen LogP contribution in [-0.4, -0.2) is 22.9 Å². The molecule has 0 atom stereocenters. The van der Waals surface area contributed by atoms with Crippen molar-refractivity contribution in [1.29, 1.82) is 0 Å². The van der Waals surface area contributed by atoms with Gasteiger partial charge in [-0.25, -0.2) is 13.4 Å². The Bertz CT molecular complexity index is 1020. The van der Waals surface area contributed by atoms with Gasteiger partial charge in [-0.1, -0.05) is 24.3 Å². The minimum Gasteiger partial charge on any atom is -0.716 e. The summed E-state index contributed by atoms with van der Waals surface area (Å²) in [5, 5.41) is 0.445. The number of benzene rings is 2. The average molecular weight is 340 g/mol. The van der Waals surface area contributed by atoms with Crippen LogP contribution in [0, 0.1) is 0 Å². The van der Waals surface area contributed by atoms with Crippen molar-refractivity contribution >= 4 is 21.3 Å². The van der Waals surface area contributed by atoms with Crippen molar-refractivity contribution in [2.75, 3.05) is 0 Å². The monoisotopic (exact) mass is 340 g/mol. The Hall–Kier alpha value is -1.71. The van der Waals surface area contributed by atoms with E-state index in [2.05, 4.69) is 14.2 Å². The van der Waals surface area contributed by atoms with Gasteiger partial charge in [0, 0.05) is 5.56 Å². The summed E-state index contributed by atoms with van der Waals surface area (Å²) in [5.41, 5.74) is 0.608. The Kier molecular flexibility index (Phi) is 5.23. The summed E-state index contributed by atoms with van der Waals surface area (Å²) in [7, 11) is -4.86. The third kappa shape index (κ3) is 4.18. The van der Waals surface area contributed by atoms with Crippen molar-refractivity contribution in [3.63, 3.8) is 0 Å². The van der Waals surface area contributed by atoms with Crippen LogP contribution in [0.25, 0.3) is 22.3 Å². The molecule has 0 aliphatic carbocycles. The SMILES string of the molecule is O=c1[nH]c(-c2cccc(OS(=O)(=O)[O-])c2)nc2ccccc12.[Na+]. The zero-order chi connectivity index (χ0) is 15.7. The van der Waals surface area contributed by atoms with Gasteiger partial charge in [-0.3, -0.25) is 4.79 Å². The van der Waals surface area contributed by atoms with Crippen LogP contribution < -0.4 is 39.3 Å². The topological polar surface area (TPSA) is 112 Å². The molecule has 0 amide bonds. The Morgan fingerprint density at radius 1 is 1.09 bits per heavy atom. The molecule has 112 valence electrons. The molecule has 23 heavy (non-hydrogen) atoms. The van der Waals surface area contributed by atoms with E-state index in [9.17, 15) is 17.8 Å². The maximum absolute atomic E-state index is 12.0. The van der Waals surface area contributed by atoms with E-state index in [1.807, 2.05) is 0 Å². The summed E-state index contributed by atoms with van der Waals surface area (Å²) in [5.74, 6) is 0.0979. The third-order valence-corrected chi connectivity index (χ3v) is 3.32. The van der Waals surface area contributed by atoms with Crippen molar-refractivity contribution in [2.45, 2.75) is 0 Å². The summed E-state index contributed by atoms with van der Waals surface area (Å²) in [4.78, 5) is 18.9. The molecule has 1 heterocycles. The minimum atomic E-state index is -4.86.